The molecule has 5 heteroatoms. The molecule has 0 unspecified atom stereocenters. The van der Waals surface area contributed by atoms with Crippen molar-refractivity contribution in [2.45, 2.75) is 51.7 Å². The molecule has 0 aliphatic carbocycles. The van der Waals surface area contributed by atoms with E-state index in [-0.39, 0.29) is 18.2 Å². The van der Waals surface area contributed by atoms with Crippen LogP contribution in [0.3, 0.4) is 0 Å². The van der Waals surface area contributed by atoms with E-state index in [1.165, 1.54) is 16.3 Å². The Morgan fingerprint density at radius 3 is 2.43 bits per heavy atom. The SMILES string of the molecule is CC(C)[C@H](CCN1CCC(Oc2ccc3ccccc3c2)CC1)CN1C(=O)OC[C@H]1Cc1ccccc1. The number of cyclic esters (lactones) is 1. The van der Waals surface area contributed by atoms with E-state index in [1.54, 1.807) is 0 Å². The molecular weight excluding hydrogens is 460 g/mol. The number of fused-ring (bicyclic) bond motifs is 1. The smallest absolute Gasteiger partial charge is 0.410 e. The zero-order valence-electron chi connectivity index (χ0n) is 22.2. The van der Waals surface area contributed by atoms with Crippen molar-refractivity contribution in [1.82, 2.24) is 9.80 Å². The summed E-state index contributed by atoms with van der Waals surface area (Å²) in [5, 5.41) is 2.48. The Labute approximate surface area is 221 Å². The lowest BCUT2D eigenvalue weighted by molar-refractivity contribution is 0.0920. The predicted octanol–water partition coefficient (Wildman–Crippen LogP) is 6.41. The molecule has 2 heterocycles. The monoisotopic (exact) mass is 500 g/mol. The maximum Gasteiger partial charge on any atom is 0.410 e. The second-order valence-corrected chi connectivity index (χ2v) is 11.0. The third-order valence-electron chi connectivity index (χ3n) is 8.14. The molecule has 196 valence electrons. The molecule has 5 nitrogen and oxygen atoms in total. The Morgan fingerprint density at radius 2 is 1.68 bits per heavy atom. The molecule has 3 aromatic rings. The van der Waals surface area contributed by atoms with Gasteiger partial charge in [0.15, 0.2) is 0 Å². The Balaban J connectivity index is 1.10. The van der Waals surface area contributed by atoms with E-state index in [0.29, 0.717) is 18.4 Å². The van der Waals surface area contributed by atoms with Crippen molar-refractivity contribution >= 4 is 16.9 Å². The molecule has 0 N–H and O–H groups in total. The summed E-state index contributed by atoms with van der Waals surface area (Å²) < 4.78 is 11.8. The highest BCUT2D eigenvalue weighted by Crippen LogP contribution is 2.26. The second kappa shape index (κ2) is 12.0. The lowest BCUT2D eigenvalue weighted by Crippen LogP contribution is -2.42. The summed E-state index contributed by atoms with van der Waals surface area (Å²) in [6.45, 7) is 9.01. The van der Waals surface area contributed by atoms with Gasteiger partial charge < -0.3 is 19.3 Å². The van der Waals surface area contributed by atoms with Crippen molar-refractivity contribution in [1.29, 1.82) is 0 Å². The number of nitrogens with zero attached hydrogens (tertiary/aromatic N) is 2. The van der Waals surface area contributed by atoms with Gasteiger partial charge in [-0.15, -0.1) is 0 Å². The average molecular weight is 501 g/mol. The summed E-state index contributed by atoms with van der Waals surface area (Å²) in [6.07, 6.45) is 4.17. The number of rotatable bonds is 10. The van der Waals surface area contributed by atoms with Crippen LogP contribution in [0.1, 0.15) is 38.7 Å². The number of likely N-dealkylation sites (tertiary alicyclic amines) is 1. The van der Waals surface area contributed by atoms with Crippen LogP contribution < -0.4 is 4.74 Å². The van der Waals surface area contributed by atoms with Crippen LogP contribution in [-0.4, -0.2) is 60.8 Å². The first-order valence-corrected chi connectivity index (χ1v) is 13.9. The number of benzene rings is 3. The first-order chi connectivity index (χ1) is 18.0. The van der Waals surface area contributed by atoms with Gasteiger partial charge in [-0.3, -0.25) is 0 Å². The van der Waals surface area contributed by atoms with Gasteiger partial charge in [0.1, 0.15) is 18.5 Å². The number of ether oxygens (including phenoxy) is 2. The molecule has 1 amide bonds. The van der Waals surface area contributed by atoms with Crippen LogP contribution in [0.25, 0.3) is 10.8 Å². The predicted molar refractivity (Wildman–Crippen MR) is 149 cm³/mol. The van der Waals surface area contributed by atoms with Gasteiger partial charge in [-0.2, -0.15) is 0 Å². The van der Waals surface area contributed by atoms with Crippen molar-refractivity contribution in [2.24, 2.45) is 11.8 Å². The highest BCUT2D eigenvalue weighted by Gasteiger charge is 2.35. The van der Waals surface area contributed by atoms with Crippen molar-refractivity contribution in [3.05, 3.63) is 78.4 Å². The lowest BCUT2D eigenvalue weighted by Gasteiger charge is -2.34. The topological polar surface area (TPSA) is 42.0 Å². The summed E-state index contributed by atoms with van der Waals surface area (Å²) in [5.74, 6) is 1.94. The van der Waals surface area contributed by atoms with Crippen LogP contribution in [0.5, 0.6) is 5.75 Å². The first-order valence-electron chi connectivity index (χ1n) is 13.9. The highest BCUT2D eigenvalue weighted by molar-refractivity contribution is 5.83. The summed E-state index contributed by atoms with van der Waals surface area (Å²) in [7, 11) is 0. The molecule has 37 heavy (non-hydrogen) atoms. The van der Waals surface area contributed by atoms with E-state index >= 15 is 0 Å². The van der Waals surface area contributed by atoms with Gasteiger partial charge in [0, 0.05) is 19.6 Å². The minimum atomic E-state index is -0.154. The zero-order valence-corrected chi connectivity index (χ0v) is 22.2. The largest absolute Gasteiger partial charge is 0.490 e. The van der Waals surface area contributed by atoms with E-state index in [0.717, 1.165) is 57.6 Å². The van der Waals surface area contributed by atoms with Crippen LogP contribution in [0.4, 0.5) is 4.79 Å². The number of hydrogen-bond acceptors (Lipinski definition) is 4. The van der Waals surface area contributed by atoms with E-state index in [1.807, 2.05) is 11.0 Å². The molecule has 0 aromatic heterocycles. The lowest BCUT2D eigenvalue weighted by atomic mass is 9.90. The highest BCUT2D eigenvalue weighted by atomic mass is 16.6. The van der Waals surface area contributed by atoms with Gasteiger partial charge in [0.25, 0.3) is 0 Å². The van der Waals surface area contributed by atoms with Crippen LogP contribution in [0.2, 0.25) is 0 Å². The van der Waals surface area contributed by atoms with Gasteiger partial charge in [-0.25, -0.2) is 4.79 Å². The van der Waals surface area contributed by atoms with Gasteiger partial charge in [-0.1, -0.05) is 74.5 Å². The van der Waals surface area contributed by atoms with Gasteiger partial charge in [0.05, 0.1) is 6.04 Å². The molecule has 5 rings (SSSR count). The molecule has 0 saturated carbocycles. The number of carbonyl (C=O) groups is 1. The minimum Gasteiger partial charge on any atom is -0.490 e. The minimum absolute atomic E-state index is 0.124. The molecule has 0 radical (unpaired) electrons. The number of amides is 1. The van der Waals surface area contributed by atoms with Gasteiger partial charge in [-0.05, 0) is 72.5 Å². The normalized spacial score (nSPS) is 19.9. The second-order valence-electron chi connectivity index (χ2n) is 11.0. The van der Waals surface area contributed by atoms with E-state index < -0.39 is 0 Å². The molecule has 2 aliphatic rings. The van der Waals surface area contributed by atoms with Gasteiger partial charge in [0.2, 0.25) is 0 Å². The Hall–Kier alpha value is -3.05. The zero-order chi connectivity index (χ0) is 25.6. The first kappa shape index (κ1) is 25.6. The number of hydrogen-bond donors (Lipinski definition) is 0. The fourth-order valence-corrected chi connectivity index (χ4v) is 5.69. The van der Waals surface area contributed by atoms with Crippen molar-refractivity contribution in [3.63, 3.8) is 0 Å². The Kier molecular flexibility index (Phi) is 8.30. The van der Waals surface area contributed by atoms with E-state index in [2.05, 4.69) is 85.5 Å². The maximum absolute atomic E-state index is 12.6. The average Bonchev–Trinajstić information content (AvgIpc) is 3.26. The number of piperidine rings is 1. The number of carbonyl (C=O) groups excluding carboxylic acids is 1. The summed E-state index contributed by atoms with van der Waals surface area (Å²) in [5.41, 5.74) is 1.26. The molecule has 2 saturated heterocycles. The molecule has 0 spiro atoms. The summed E-state index contributed by atoms with van der Waals surface area (Å²) in [6, 6.07) is 25.4. The molecule has 3 aromatic carbocycles. The van der Waals surface area contributed by atoms with Crippen molar-refractivity contribution in [2.75, 3.05) is 32.8 Å². The van der Waals surface area contributed by atoms with Crippen LogP contribution >= 0.6 is 0 Å². The maximum atomic E-state index is 12.6. The molecule has 0 bridgehead atoms. The Bertz CT molecular complexity index is 1160. The summed E-state index contributed by atoms with van der Waals surface area (Å²) in [4.78, 5) is 17.1. The molecule has 2 aliphatic heterocycles. The van der Waals surface area contributed by atoms with E-state index in [4.69, 9.17) is 9.47 Å². The molecule has 2 fully saturated rings. The van der Waals surface area contributed by atoms with Crippen molar-refractivity contribution < 1.29 is 14.3 Å². The van der Waals surface area contributed by atoms with Crippen LogP contribution in [0.15, 0.2) is 72.8 Å². The van der Waals surface area contributed by atoms with Crippen LogP contribution in [0, 0.1) is 11.8 Å². The van der Waals surface area contributed by atoms with Crippen molar-refractivity contribution in [3.8, 4) is 5.75 Å². The van der Waals surface area contributed by atoms with E-state index in [9.17, 15) is 4.79 Å². The molecular formula is C32H40N2O3. The third kappa shape index (κ3) is 6.64. The standard InChI is InChI=1S/C32H40N2O3/c1-24(2)28(22-34-29(23-36-32(34)35)20-25-8-4-3-5-9-25)14-17-33-18-15-30(16-19-33)37-31-13-12-26-10-6-7-11-27(26)21-31/h3-13,21,24,28-30H,14-20,22-23H2,1-2H3/t28-,29-/m1/s1. The fraction of sp³-hybridized carbons (Fsp3) is 0.469. The van der Waals surface area contributed by atoms with Crippen LogP contribution in [-0.2, 0) is 11.2 Å². The quantitative estimate of drug-likeness (QED) is 0.323. The third-order valence-corrected chi connectivity index (χ3v) is 8.14. The summed E-state index contributed by atoms with van der Waals surface area (Å²) >= 11 is 0. The molecule has 2 atom stereocenters. The van der Waals surface area contributed by atoms with Gasteiger partial charge >= 0.3 is 6.09 Å². The fourth-order valence-electron chi connectivity index (χ4n) is 5.69. The Morgan fingerprint density at radius 1 is 0.946 bits per heavy atom.